The number of aromatic nitrogens is 1. The van der Waals surface area contributed by atoms with Crippen molar-refractivity contribution in [2.24, 2.45) is 5.92 Å². The number of nitrogens with zero attached hydrogens (tertiary/aromatic N) is 1. The van der Waals surface area contributed by atoms with Crippen molar-refractivity contribution >= 4 is 11.6 Å². The maximum absolute atomic E-state index is 12.1. The predicted molar refractivity (Wildman–Crippen MR) is 74.8 cm³/mol. The SMILES string of the molecule is CCCn1cc(N)cc1C(=O)NCC1CCCC1O. The first-order valence-electron chi connectivity index (χ1n) is 7.03. The zero-order valence-corrected chi connectivity index (χ0v) is 11.4. The molecule has 1 aromatic rings. The van der Waals surface area contributed by atoms with Gasteiger partial charge in [0.1, 0.15) is 5.69 Å². The summed E-state index contributed by atoms with van der Waals surface area (Å²) in [6.07, 6.45) is 5.35. The minimum Gasteiger partial charge on any atom is -0.397 e. The summed E-state index contributed by atoms with van der Waals surface area (Å²) in [5, 5.41) is 12.6. The Hall–Kier alpha value is -1.49. The number of hydrogen-bond donors (Lipinski definition) is 3. The highest BCUT2D eigenvalue weighted by Gasteiger charge is 2.25. The van der Waals surface area contributed by atoms with E-state index >= 15 is 0 Å². The number of aliphatic hydroxyl groups excluding tert-OH is 1. The molecule has 1 aliphatic rings. The summed E-state index contributed by atoms with van der Waals surface area (Å²) in [6.45, 7) is 3.38. The molecule has 2 atom stereocenters. The zero-order valence-electron chi connectivity index (χ0n) is 11.4. The third-order valence-corrected chi connectivity index (χ3v) is 3.76. The van der Waals surface area contributed by atoms with Gasteiger partial charge in [-0.05, 0) is 25.3 Å². The van der Waals surface area contributed by atoms with Gasteiger partial charge in [-0.2, -0.15) is 0 Å². The number of rotatable bonds is 5. The third kappa shape index (κ3) is 3.29. The van der Waals surface area contributed by atoms with E-state index in [0.29, 0.717) is 17.9 Å². The van der Waals surface area contributed by atoms with Crippen LogP contribution in [-0.2, 0) is 6.54 Å². The van der Waals surface area contributed by atoms with Crippen molar-refractivity contribution in [2.75, 3.05) is 12.3 Å². The molecule has 0 radical (unpaired) electrons. The summed E-state index contributed by atoms with van der Waals surface area (Å²) in [5.74, 6) is 0.0835. The van der Waals surface area contributed by atoms with Crippen molar-refractivity contribution < 1.29 is 9.90 Å². The average Bonchev–Trinajstić information content (AvgIpc) is 2.93. The van der Waals surface area contributed by atoms with E-state index in [1.165, 1.54) is 0 Å². The Balaban J connectivity index is 1.95. The van der Waals surface area contributed by atoms with Gasteiger partial charge >= 0.3 is 0 Å². The first-order chi connectivity index (χ1) is 9.11. The van der Waals surface area contributed by atoms with E-state index in [-0.39, 0.29) is 17.9 Å². The molecule has 0 spiro atoms. The van der Waals surface area contributed by atoms with Crippen LogP contribution in [0.3, 0.4) is 0 Å². The molecular formula is C14H23N3O2. The number of aryl methyl sites for hydroxylation is 1. The number of carbonyl (C=O) groups excluding carboxylic acids is 1. The molecule has 5 heteroatoms. The monoisotopic (exact) mass is 265 g/mol. The largest absolute Gasteiger partial charge is 0.397 e. The fraction of sp³-hybridized carbons (Fsp3) is 0.643. The van der Waals surface area contributed by atoms with Crippen molar-refractivity contribution in [3.8, 4) is 0 Å². The van der Waals surface area contributed by atoms with E-state index in [2.05, 4.69) is 12.2 Å². The number of nitrogens with two attached hydrogens (primary N) is 1. The van der Waals surface area contributed by atoms with Gasteiger partial charge in [-0.25, -0.2) is 0 Å². The van der Waals surface area contributed by atoms with Crippen LogP contribution in [0, 0.1) is 5.92 Å². The second-order valence-electron chi connectivity index (χ2n) is 5.32. The van der Waals surface area contributed by atoms with Crippen LogP contribution in [0.25, 0.3) is 0 Å². The minimum atomic E-state index is -0.271. The lowest BCUT2D eigenvalue weighted by Gasteiger charge is -2.15. The number of nitrogen functional groups attached to an aromatic ring is 1. The van der Waals surface area contributed by atoms with Gasteiger partial charge in [0.05, 0.1) is 11.8 Å². The van der Waals surface area contributed by atoms with Crippen molar-refractivity contribution in [3.05, 3.63) is 18.0 Å². The topological polar surface area (TPSA) is 80.3 Å². The number of nitrogens with one attached hydrogen (secondary N) is 1. The van der Waals surface area contributed by atoms with E-state index in [1.54, 1.807) is 12.3 Å². The van der Waals surface area contributed by atoms with Gasteiger partial charge < -0.3 is 20.7 Å². The molecule has 5 nitrogen and oxygen atoms in total. The van der Waals surface area contributed by atoms with Crippen molar-refractivity contribution in [3.63, 3.8) is 0 Å². The molecule has 1 saturated carbocycles. The summed E-state index contributed by atoms with van der Waals surface area (Å²) in [4.78, 5) is 12.1. The molecule has 1 heterocycles. The number of hydrogen-bond acceptors (Lipinski definition) is 3. The Bertz CT molecular complexity index is 442. The van der Waals surface area contributed by atoms with Crippen LogP contribution in [0.5, 0.6) is 0 Å². The van der Waals surface area contributed by atoms with Crippen molar-refractivity contribution in [1.29, 1.82) is 0 Å². The molecular weight excluding hydrogens is 242 g/mol. The molecule has 2 rings (SSSR count). The van der Waals surface area contributed by atoms with E-state index in [4.69, 9.17) is 5.73 Å². The zero-order chi connectivity index (χ0) is 13.8. The normalized spacial score (nSPS) is 22.6. The lowest BCUT2D eigenvalue weighted by atomic mass is 10.1. The van der Waals surface area contributed by atoms with E-state index in [9.17, 15) is 9.90 Å². The maximum Gasteiger partial charge on any atom is 0.267 e. The van der Waals surface area contributed by atoms with Crippen LogP contribution in [-0.4, -0.2) is 28.2 Å². The lowest BCUT2D eigenvalue weighted by molar-refractivity contribution is 0.0908. The fourth-order valence-corrected chi connectivity index (χ4v) is 2.72. The molecule has 4 N–H and O–H groups in total. The highest BCUT2D eigenvalue weighted by atomic mass is 16.3. The predicted octanol–water partition coefficient (Wildman–Crippen LogP) is 1.37. The molecule has 2 unspecified atom stereocenters. The Morgan fingerprint density at radius 2 is 2.37 bits per heavy atom. The van der Waals surface area contributed by atoms with Crippen LogP contribution in [0.4, 0.5) is 5.69 Å². The van der Waals surface area contributed by atoms with Crippen LogP contribution in [0.1, 0.15) is 43.1 Å². The molecule has 0 aliphatic heterocycles. The average molecular weight is 265 g/mol. The lowest BCUT2D eigenvalue weighted by Crippen LogP contribution is -2.33. The second kappa shape index (κ2) is 6.10. The Labute approximate surface area is 113 Å². The highest BCUT2D eigenvalue weighted by molar-refractivity contribution is 5.93. The molecule has 0 saturated heterocycles. The number of amides is 1. The van der Waals surface area contributed by atoms with Crippen LogP contribution in [0.15, 0.2) is 12.3 Å². The Morgan fingerprint density at radius 3 is 3.00 bits per heavy atom. The summed E-state index contributed by atoms with van der Waals surface area (Å²) in [6, 6.07) is 1.70. The van der Waals surface area contributed by atoms with Crippen molar-refractivity contribution in [2.45, 2.75) is 45.3 Å². The molecule has 1 aliphatic carbocycles. The van der Waals surface area contributed by atoms with Gasteiger partial charge in [0.25, 0.3) is 5.91 Å². The summed E-state index contributed by atoms with van der Waals surface area (Å²) >= 11 is 0. The van der Waals surface area contributed by atoms with E-state index in [1.807, 2.05) is 4.57 Å². The first kappa shape index (κ1) is 13.9. The third-order valence-electron chi connectivity index (χ3n) is 3.76. The smallest absolute Gasteiger partial charge is 0.267 e. The van der Waals surface area contributed by atoms with Crippen LogP contribution < -0.4 is 11.1 Å². The molecule has 1 amide bonds. The maximum atomic E-state index is 12.1. The summed E-state index contributed by atoms with van der Waals surface area (Å²) < 4.78 is 1.88. The summed E-state index contributed by atoms with van der Waals surface area (Å²) in [7, 11) is 0. The number of aliphatic hydroxyl groups is 1. The quantitative estimate of drug-likeness (QED) is 0.752. The van der Waals surface area contributed by atoms with Crippen molar-refractivity contribution in [1.82, 2.24) is 9.88 Å². The Kier molecular flexibility index (Phi) is 4.47. The highest BCUT2D eigenvalue weighted by Crippen LogP contribution is 2.24. The second-order valence-corrected chi connectivity index (χ2v) is 5.32. The molecule has 0 bridgehead atoms. The van der Waals surface area contributed by atoms with E-state index < -0.39 is 0 Å². The van der Waals surface area contributed by atoms with Gasteiger partial charge in [0.2, 0.25) is 0 Å². The van der Waals surface area contributed by atoms with Crippen LogP contribution in [0.2, 0.25) is 0 Å². The molecule has 1 aromatic heterocycles. The minimum absolute atomic E-state index is 0.107. The molecule has 106 valence electrons. The summed E-state index contributed by atoms with van der Waals surface area (Å²) in [5.41, 5.74) is 6.96. The van der Waals surface area contributed by atoms with Gasteiger partial charge in [0, 0.05) is 25.2 Å². The molecule has 19 heavy (non-hydrogen) atoms. The molecule has 0 aromatic carbocycles. The van der Waals surface area contributed by atoms with Gasteiger partial charge in [-0.15, -0.1) is 0 Å². The molecule has 1 fully saturated rings. The first-order valence-corrected chi connectivity index (χ1v) is 7.03. The number of anilines is 1. The van der Waals surface area contributed by atoms with E-state index in [0.717, 1.165) is 32.2 Å². The van der Waals surface area contributed by atoms with Crippen LogP contribution >= 0.6 is 0 Å². The fourth-order valence-electron chi connectivity index (χ4n) is 2.72. The Morgan fingerprint density at radius 1 is 1.58 bits per heavy atom. The number of carbonyl (C=O) groups is 1. The standard InChI is InChI=1S/C14H23N3O2/c1-2-6-17-9-11(15)7-12(17)14(19)16-8-10-4-3-5-13(10)18/h7,9-10,13,18H,2-6,8,15H2,1H3,(H,16,19). The van der Waals surface area contributed by atoms with Gasteiger partial charge in [-0.1, -0.05) is 13.3 Å². The van der Waals surface area contributed by atoms with Gasteiger partial charge in [-0.3, -0.25) is 4.79 Å². The van der Waals surface area contributed by atoms with Gasteiger partial charge in [0.15, 0.2) is 0 Å².